The fourth-order valence-corrected chi connectivity index (χ4v) is 3.37. The van der Waals surface area contributed by atoms with E-state index in [1.54, 1.807) is 0 Å². The van der Waals surface area contributed by atoms with E-state index >= 15 is 0 Å². The molecule has 0 unspecified atom stereocenters. The van der Waals surface area contributed by atoms with Crippen molar-refractivity contribution in [1.82, 2.24) is 0 Å². The highest BCUT2D eigenvalue weighted by atomic mass is 32.2. The van der Waals surface area contributed by atoms with Gasteiger partial charge in [-0.1, -0.05) is 12.1 Å². The van der Waals surface area contributed by atoms with E-state index < -0.39 is 27.6 Å². The fourth-order valence-electron chi connectivity index (χ4n) is 2.32. The van der Waals surface area contributed by atoms with Gasteiger partial charge in [0.05, 0.1) is 10.6 Å². The van der Waals surface area contributed by atoms with E-state index in [1.807, 2.05) is 0 Å². The van der Waals surface area contributed by atoms with Crippen molar-refractivity contribution < 1.29 is 22.0 Å². The van der Waals surface area contributed by atoms with Gasteiger partial charge in [-0.2, -0.15) is 0 Å². The number of hydrogen-bond donors (Lipinski definition) is 2. The molecule has 0 aliphatic heterocycles. The molecule has 0 radical (unpaired) electrons. The van der Waals surface area contributed by atoms with Gasteiger partial charge < -0.3 is 5.32 Å². The summed E-state index contributed by atoms with van der Waals surface area (Å²) in [6.07, 6.45) is 0. The third-order valence-electron chi connectivity index (χ3n) is 3.59. The smallest absolute Gasteiger partial charge is 0.261 e. The molecule has 27 heavy (non-hydrogen) atoms. The Morgan fingerprint density at radius 2 is 1.33 bits per heavy atom. The summed E-state index contributed by atoms with van der Waals surface area (Å²) < 4.78 is 53.3. The van der Waals surface area contributed by atoms with Crippen molar-refractivity contribution >= 4 is 27.3 Å². The number of amides is 1. The quantitative estimate of drug-likeness (QED) is 0.693. The lowest BCUT2D eigenvalue weighted by molar-refractivity contribution is 0.102. The summed E-state index contributed by atoms with van der Waals surface area (Å²) in [7, 11) is -3.94. The first kappa shape index (κ1) is 18.5. The molecular weight excluding hydrogens is 374 g/mol. The molecule has 1 amide bonds. The average Bonchev–Trinajstić information content (AvgIpc) is 2.61. The van der Waals surface area contributed by atoms with Gasteiger partial charge in [0, 0.05) is 11.3 Å². The molecule has 138 valence electrons. The van der Waals surface area contributed by atoms with Crippen LogP contribution in [-0.4, -0.2) is 14.3 Å². The molecule has 0 heterocycles. The third kappa shape index (κ3) is 4.68. The Hall–Kier alpha value is -3.26. The molecule has 0 bridgehead atoms. The first-order valence-electron chi connectivity index (χ1n) is 7.79. The van der Waals surface area contributed by atoms with Crippen molar-refractivity contribution in [2.45, 2.75) is 4.90 Å². The fraction of sp³-hybridized carbons (Fsp3) is 0. The second-order valence-electron chi connectivity index (χ2n) is 5.60. The van der Waals surface area contributed by atoms with E-state index in [2.05, 4.69) is 10.0 Å². The first-order chi connectivity index (χ1) is 12.8. The molecule has 0 spiro atoms. The molecule has 3 rings (SSSR count). The molecule has 0 aliphatic carbocycles. The molecule has 3 aromatic rings. The summed E-state index contributed by atoms with van der Waals surface area (Å²) in [4.78, 5) is 12.1. The van der Waals surface area contributed by atoms with E-state index in [0.717, 1.165) is 6.07 Å². The summed E-state index contributed by atoms with van der Waals surface area (Å²) in [6.45, 7) is 0. The molecule has 0 saturated carbocycles. The van der Waals surface area contributed by atoms with Crippen LogP contribution in [0.3, 0.4) is 0 Å². The molecular formula is C19H14F2N2O3S. The third-order valence-corrected chi connectivity index (χ3v) is 4.98. The second-order valence-corrected chi connectivity index (χ2v) is 7.29. The van der Waals surface area contributed by atoms with Crippen LogP contribution in [0.5, 0.6) is 0 Å². The largest absolute Gasteiger partial charge is 0.322 e. The SMILES string of the molecule is O=C(Nc1cccc(F)c1)c1ccc(S(=O)(=O)Nc2cccc(F)c2)cc1. The highest BCUT2D eigenvalue weighted by molar-refractivity contribution is 7.92. The van der Waals surface area contributed by atoms with Crippen LogP contribution >= 0.6 is 0 Å². The topological polar surface area (TPSA) is 75.3 Å². The van der Waals surface area contributed by atoms with E-state index in [-0.39, 0.29) is 21.8 Å². The van der Waals surface area contributed by atoms with E-state index in [1.165, 1.54) is 66.7 Å². The second kappa shape index (κ2) is 7.55. The number of carbonyl (C=O) groups is 1. The Morgan fingerprint density at radius 3 is 1.93 bits per heavy atom. The summed E-state index contributed by atoms with van der Waals surface area (Å²) in [5.41, 5.74) is 0.566. The van der Waals surface area contributed by atoms with Gasteiger partial charge in [0.1, 0.15) is 11.6 Å². The number of sulfonamides is 1. The van der Waals surface area contributed by atoms with Crippen molar-refractivity contribution in [1.29, 1.82) is 0 Å². The minimum atomic E-state index is -3.94. The molecule has 0 saturated heterocycles. The summed E-state index contributed by atoms with van der Waals surface area (Å²) in [5, 5.41) is 2.52. The van der Waals surface area contributed by atoms with E-state index in [4.69, 9.17) is 0 Å². The van der Waals surface area contributed by atoms with Crippen LogP contribution in [0.2, 0.25) is 0 Å². The van der Waals surface area contributed by atoms with E-state index in [0.29, 0.717) is 0 Å². The number of carbonyl (C=O) groups excluding carboxylic acids is 1. The maximum Gasteiger partial charge on any atom is 0.261 e. The van der Waals surface area contributed by atoms with Crippen LogP contribution in [0, 0.1) is 11.6 Å². The highest BCUT2D eigenvalue weighted by Gasteiger charge is 2.15. The molecule has 0 atom stereocenters. The van der Waals surface area contributed by atoms with Crippen molar-refractivity contribution in [2.75, 3.05) is 10.0 Å². The van der Waals surface area contributed by atoms with Crippen LogP contribution in [0.15, 0.2) is 77.7 Å². The Kier molecular flexibility index (Phi) is 5.18. The lowest BCUT2D eigenvalue weighted by atomic mass is 10.2. The van der Waals surface area contributed by atoms with Crippen LogP contribution in [0.1, 0.15) is 10.4 Å². The molecule has 3 aromatic carbocycles. The minimum Gasteiger partial charge on any atom is -0.322 e. The van der Waals surface area contributed by atoms with Crippen LogP contribution in [0.4, 0.5) is 20.2 Å². The minimum absolute atomic E-state index is 0.0860. The van der Waals surface area contributed by atoms with Crippen molar-refractivity contribution in [2.24, 2.45) is 0 Å². The Labute approximate surface area is 154 Å². The molecule has 8 heteroatoms. The number of anilines is 2. The van der Waals surface area contributed by atoms with Gasteiger partial charge >= 0.3 is 0 Å². The standard InChI is InChI=1S/C19H14F2N2O3S/c20-14-3-1-5-16(11-14)22-19(24)13-7-9-18(10-8-13)27(25,26)23-17-6-2-4-15(21)12-17/h1-12,23H,(H,22,24). The van der Waals surface area contributed by atoms with Gasteiger partial charge in [-0.25, -0.2) is 17.2 Å². The lowest BCUT2D eigenvalue weighted by Gasteiger charge is -2.09. The van der Waals surface area contributed by atoms with Crippen molar-refractivity contribution in [3.63, 3.8) is 0 Å². The summed E-state index contributed by atoms with van der Waals surface area (Å²) in [6, 6.07) is 15.6. The number of benzene rings is 3. The Morgan fingerprint density at radius 1 is 0.778 bits per heavy atom. The monoisotopic (exact) mass is 388 g/mol. The maximum absolute atomic E-state index is 13.2. The molecule has 0 aromatic heterocycles. The van der Waals surface area contributed by atoms with Gasteiger partial charge in [0.2, 0.25) is 0 Å². The molecule has 5 nitrogen and oxygen atoms in total. The zero-order valence-electron chi connectivity index (χ0n) is 13.8. The van der Waals surface area contributed by atoms with Gasteiger partial charge in [0.25, 0.3) is 15.9 Å². The summed E-state index contributed by atoms with van der Waals surface area (Å²) >= 11 is 0. The Bertz CT molecular complexity index is 1080. The summed E-state index contributed by atoms with van der Waals surface area (Å²) in [5.74, 6) is -1.57. The van der Waals surface area contributed by atoms with Gasteiger partial charge in [0.15, 0.2) is 0 Å². The molecule has 0 fully saturated rings. The Balaban J connectivity index is 1.75. The normalized spacial score (nSPS) is 11.0. The lowest BCUT2D eigenvalue weighted by Crippen LogP contribution is -2.15. The van der Waals surface area contributed by atoms with Crippen molar-refractivity contribution in [3.8, 4) is 0 Å². The molecule has 2 N–H and O–H groups in total. The van der Waals surface area contributed by atoms with Crippen LogP contribution in [0.25, 0.3) is 0 Å². The van der Waals surface area contributed by atoms with Gasteiger partial charge in [-0.05, 0) is 60.7 Å². The zero-order chi connectivity index (χ0) is 19.4. The van der Waals surface area contributed by atoms with Crippen molar-refractivity contribution in [3.05, 3.63) is 90.0 Å². The van der Waals surface area contributed by atoms with Gasteiger partial charge in [-0.3, -0.25) is 9.52 Å². The number of nitrogens with one attached hydrogen (secondary N) is 2. The average molecular weight is 388 g/mol. The van der Waals surface area contributed by atoms with Crippen LogP contribution in [-0.2, 0) is 10.0 Å². The van der Waals surface area contributed by atoms with Crippen LogP contribution < -0.4 is 10.0 Å². The zero-order valence-corrected chi connectivity index (χ0v) is 14.6. The molecule has 0 aliphatic rings. The van der Waals surface area contributed by atoms with E-state index in [9.17, 15) is 22.0 Å². The number of hydrogen-bond acceptors (Lipinski definition) is 3. The highest BCUT2D eigenvalue weighted by Crippen LogP contribution is 2.18. The number of halogens is 2. The predicted octanol–water partition coefficient (Wildman–Crippen LogP) is 4.02. The first-order valence-corrected chi connectivity index (χ1v) is 9.27. The maximum atomic E-state index is 13.2. The predicted molar refractivity (Wildman–Crippen MR) is 98.0 cm³/mol. The number of rotatable bonds is 5. The van der Waals surface area contributed by atoms with Gasteiger partial charge in [-0.15, -0.1) is 0 Å².